The van der Waals surface area contributed by atoms with Crippen molar-refractivity contribution < 1.29 is 4.74 Å². The predicted molar refractivity (Wildman–Crippen MR) is 68.3 cm³/mol. The molecule has 0 aromatic carbocycles. The zero-order valence-electron chi connectivity index (χ0n) is 10.5. The van der Waals surface area contributed by atoms with Crippen molar-refractivity contribution >= 4 is 0 Å². The molecule has 0 aliphatic rings. The summed E-state index contributed by atoms with van der Waals surface area (Å²) < 4.78 is 5.24. The number of rotatable bonds is 5. The van der Waals surface area contributed by atoms with E-state index in [1.54, 1.807) is 25.7 Å². The summed E-state index contributed by atoms with van der Waals surface area (Å²) in [5.41, 5.74) is 1.95. The van der Waals surface area contributed by atoms with E-state index in [4.69, 9.17) is 4.74 Å². The fourth-order valence-electron chi connectivity index (χ4n) is 1.82. The fraction of sp³-hybridized carbons (Fsp3) is 0.308. The van der Waals surface area contributed by atoms with Gasteiger partial charge in [-0.05, 0) is 25.1 Å². The van der Waals surface area contributed by atoms with Crippen LogP contribution in [-0.2, 0) is 6.42 Å². The summed E-state index contributed by atoms with van der Waals surface area (Å²) in [5.74, 6) is 0.556. The lowest BCUT2D eigenvalue weighted by Crippen LogP contribution is -2.21. The van der Waals surface area contributed by atoms with Crippen LogP contribution < -0.4 is 10.1 Å². The van der Waals surface area contributed by atoms with Gasteiger partial charge in [0.15, 0.2) is 0 Å². The van der Waals surface area contributed by atoms with Gasteiger partial charge in [-0.25, -0.2) is 4.98 Å². The van der Waals surface area contributed by atoms with Gasteiger partial charge in [-0.1, -0.05) is 6.07 Å². The van der Waals surface area contributed by atoms with Gasteiger partial charge in [0, 0.05) is 24.8 Å². The van der Waals surface area contributed by atoms with Crippen molar-refractivity contribution in [3.8, 4) is 5.88 Å². The van der Waals surface area contributed by atoms with Crippen molar-refractivity contribution in [2.24, 2.45) is 0 Å². The first-order valence-electron chi connectivity index (χ1n) is 5.76. The highest BCUT2D eigenvalue weighted by Gasteiger charge is 2.17. The maximum absolute atomic E-state index is 5.24. The molecular formula is C13H16N4O. The molecule has 18 heavy (non-hydrogen) atoms. The predicted octanol–water partition coefficient (Wildman–Crippen LogP) is 1.38. The highest BCUT2D eigenvalue weighted by atomic mass is 16.5. The normalized spacial score (nSPS) is 12.1. The average Bonchev–Trinajstić information content (AvgIpc) is 2.46. The van der Waals surface area contributed by atoms with Crippen LogP contribution in [0.3, 0.4) is 0 Å². The summed E-state index contributed by atoms with van der Waals surface area (Å²) in [6, 6.07) is 4.02. The van der Waals surface area contributed by atoms with E-state index in [1.165, 1.54) is 0 Å². The van der Waals surface area contributed by atoms with Gasteiger partial charge in [0.2, 0.25) is 5.88 Å². The largest absolute Gasteiger partial charge is 0.480 e. The van der Waals surface area contributed by atoms with Gasteiger partial charge in [-0.15, -0.1) is 0 Å². The lowest BCUT2D eigenvalue weighted by molar-refractivity contribution is 0.379. The Balaban J connectivity index is 2.23. The summed E-state index contributed by atoms with van der Waals surface area (Å²) in [6.07, 6.45) is 7.71. The van der Waals surface area contributed by atoms with E-state index in [0.29, 0.717) is 5.88 Å². The molecular weight excluding hydrogens is 228 g/mol. The Morgan fingerprint density at radius 3 is 2.78 bits per heavy atom. The third-order valence-corrected chi connectivity index (χ3v) is 2.73. The third-order valence-electron chi connectivity index (χ3n) is 2.73. The van der Waals surface area contributed by atoms with E-state index in [9.17, 15) is 0 Å². The second kappa shape index (κ2) is 6.07. The minimum absolute atomic E-state index is 0.0536. The van der Waals surface area contributed by atoms with Crippen molar-refractivity contribution in [3.05, 3.63) is 48.2 Å². The van der Waals surface area contributed by atoms with E-state index in [0.717, 1.165) is 17.7 Å². The lowest BCUT2D eigenvalue weighted by atomic mass is 10.1. The summed E-state index contributed by atoms with van der Waals surface area (Å²) in [6.45, 7) is 0. The molecule has 0 aliphatic carbocycles. The topological polar surface area (TPSA) is 59.9 Å². The van der Waals surface area contributed by atoms with Crippen molar-refractivity contribution in [2.75, 3.05) is 14.2 Å². The number of likely N-dealkylation sites (N-methyl/N-ethyl adjacent to an activating group) is 1. The van der Waals surface area contributed by atoms with Gasteiger partial charge in [0.05, 0.1) is 13.2 Å². The number of aromatic nitrogens is 3. The second-order valence-electron chi connectivity index (χ2n) is 3.86. The standard InChI is InChI=1S/C13H16N4O/c1-14-11(8-10-4-3-5-15-9-10)12-13(18-2)17-7-6-16-12/h3-7,9,11,14H,8H2,1-2H3. The van der Waals surface area contributed by atoms with Crippen molar-refractivity contribution in [1.82, 2.24) is 20.3 Å². The van der Waals surface area contributed by atoms with Crippen LogP contribution in [0.2, 0.25) is 0 Å². The van der Waals surface area contributed by atoms with Crippen LogP contribution in [0.15, 0.2) is 36.9 Å². The van der Waals surface area contributed by atoms with E-state index in [-0.39, 0.29) is 6.04 Å². The molecule has 1 N–H and O–H groups in total. The summed E-state index contributed by atoms with van der Waals surface area (Å²) in [7, 11) is 3.50. The van der Waals surface area contributed by atoms with Gasteiger partial charge >= 0.3 is 0 Å². The molecule has 2 heterocycles. The monoisotopic (exact) mass is 244 g/mol. The maximum Gasteiger partial charge on any atom is 0.237 e. The summed E-state index contributed by atoms with van der Waals surface area (Å²) in [4.78, 5) is 12.6. The Morgan fingerprint density at radius 2 is 2.11 bits per heavy atom. The highest BCUT2D eigenvalue weighted by molar-refractivity contribution is 5.24. The molecule has 0 radical (unpaired) electrons. The fourth-order valence-corrected chi connectivity index (χ4v) is 1.82. The van der Waals surface area contributed by atoms with Crippen LogP contribution in [0.4, 0.5) is 0 Å². The van der Waals surface area contributed by atoms with Crippen LogP contribution in [0.1, 0.15) is 17.3 Å². The molecule has 94 valence electrons. The zero-order chi connectivity index (χ0) is 12.8. The minimum atomic E-state index is 0.0536. The lowest BCUT2D eigenvalue weighted by Gasteiger charge is -2.17. The number of methoxy groups -OCH3 is 1. The molecule has 0 saturated carbocycles. The van der Waals surface area contributed by atoms with Gasteiger partial charge < -0.3 is 10.1 Å². The quantitative estimate of drug-likeness (QED) is 0.861. The molecule has 0 saturated heterocycles. The molecule has 0 bridgehead atoms. The van der Waals surface area contributed by atoms with Gasteiger partial charge in [-0.3, -0.25) is 9.97 Å². The van der Waals surface area contributed by atoms with Gasteiger partial charge in [0.1, 0.15) is 5.69 Å². The first-order chi connectivity index (χ1) is 8.85. The van der Waals surface area contributed by atoms with Crippen LogP contribution in [0.25, 0.3) is 0 Å². The Kier molecular flexibility index (Phi) is 4.20. The van der Waals surface area contributed by atoms with Crippen molar-refractivity contribution in [3.63, 3.8) is 0 Å². The molecule has 5 heteroatoms. The number of hydrogen-bond acceptors (Lipinski definition) is 5. The second-order valence-corrected chi connectivity index (χ2v) is 3.86. The first-order valence-corrected chi connectivity index (χ1v) is 5.76. The number of ether oxygens (including phenoxy) is 1. The molecule has 0 spiro atoms. The first kappa shape index (κ1) is 12.4. The molecule has 2 rings (SSSR count). The van der Waals surface area contributed by atoms with E-state index in [1.807, 2.05) is 25.4 Å². The summed E-state index contributed by atoms with van der Waals surface area (Å²) in [5, 5.41) is 3.23. The van der Waals surface area contributed by atoms with Crippen LogP contribution in [-0.4, -0.2) is 29.1 Å². The third kappa shape index (κ3) is 2.81. The Bertz CT molecular complexity index is 489. The molecule has 0 fully saturated rings. The van der Waals surface area contributed by atoms with Crippen LogP contribution in [0, 0.1) is 0 Å². The molecule has 1 unspecified atom stereocenters. The summed E-state index contributed by atoms with van der Waals surface area (Å²) >= 11 is 0. The molecule has 2 aromatic rings. The highest BCUT2D eigenvalue weighted by Crippen LogP contribution is 2.22. The van der Waals surface area contributed by atoms with E-state index < -0.39 is 0 Å². The van der Waals surface area contributed by atoms with Crippen LogP contribution >= 0.6 is 0 Å². The minimum Gasteiger partial charge on any atom is -0.480 e. The molecule has 2 aromatic heterocycles. The molecule has 1 atom stereocenters. The Labute approximate surface area is 106 Å². The van der Waals surface area contributed by atoms with Crippen molar-refractivity contribution in [1.29, 1.82) is 0 Å². The zero-order valence-corrected chi connectivity index (χ0v) is 10.5. The van der Waals surface area contributed by atoms with Gasteiger partial charge in [0.25, 0.3) is 0 Å². The van der Waals surface area contributed by atoms with Crippen molar-refractivity contribution in [2.45, 2.75) is 12.5 Å². The number of nitrogens with one attached hydrogen (secondary N) is 1. The molecule has 0 aliphatic heterocycles. The van der Waals surface area contributed by atoms with Gasteiger partial charge in [-0.2, -0.15) is 0 Å². The smallest absolute Gasteiger partial charge is 0.237 e. The molecule has 0 amide bonds. The van der Waals surface area contributed by atoms with E-state index >= 15 is 0 Å². The average molecular weight is 244 g/mol. The SMILES string of the molecule is CNC(Cc1cccnc1)c1nccnc1OC. The van der Waals surface area contributed by atoms with Crippen LogP contribution in [0.5, 0.6) is 5.88 Å². The molecule has 5 nitrogen and oxygen atoms in total. The number of hydrogen-bond donors (Lipinski definition) is 1. The Morgan fingerprint density at radius 1 is 1.28 bits per heavy atom. The van der Waals surface area contributed by atoms with E-state index in [2.05, 4.69) is 20.3 Å². The number of nitrogens with zero attached hydrogens (tertiary/aromatic N) is 3. The Hall–Kier alpha value is -2.01. The maximum atomic E-state index is 5.24. The number of pyridine rings is 1.